The third kappa shape index (κ3) is 7.52. The fourth-order valence-corrected chi connectivity index (χ4v) is 3.77. The van der Waals surface area contributed by atoms with Gasteiger partial charge >= 0.3 is 6.09 Å². The van der Waals surface area contributed by atoms with Crippen LogP contribution in [0.3, 0.4) is 0 Å². The van der Waals surface area contributed by atoms with Crippen LogP contribution < -0.4 is 10.6 Å². The summed E-state index contributed by atoms with van der Waals surface area (Å²) in [6.45, 7) is 8.98. The van der Waals surface area contributed by atoms with Crippen molar-refractivity contribution in [1.29, 1.82) is 0 Å². The number of nitrogens with one attached hydrogen (secondary N) is 2. The lowest BCUT2D eigenvalue weighted by Gasteiger charge is -2.31. The zero-order valence-corrected chi connectivity index (χ0v) is 21.9. The molecule has 3 amide bonds. The first-order valence-corrected chi connectivity index (χ1v) is 11.8. The van der Waals surface area contributed by atoms with E-state index in [4.69, 9.17) is 11.2 Å². The molecule has 0 fully saturated rings. The lowest BCUT2D eigenvalue weighted by atomic mass is 10.0. The first kappa shape index (κ1) is 27.8. The molecule has 0 aromatic heterocycles. The molecule has 0 spiro atoms. The summed E-state index contributed by atoms with van der Waals surface area (Å²) in [5.74, 6) is 1.67. The summed E-state index contributed by atoms with van der Waals surface area (Å²) in [7, 11) is 1.51. The highest BCUT2D eigenvalue weighted by Gasteiger charge is 2.34. The number of ether oxygens (including phenoxy) is 1. The molecule has 0 aliphatic rings. The smallest absolute Gasteiger partial charge is 0.408 e. The average Bonchev–Trinajstić information content (AvgIpc) is 2.79. The van der Waals surface area contributed by atoms with Gasteiger partial charge in [0.05, 0.1) is 0 Å². The molecule has 0 radical (unpaired) electrons. The van der Waals surface area contributed by atoms with Crippen LogP contribution in [0.25, 0.3) is 0 Å². The van der Waals surface area contributed by atoms with Crippen LogP contribution >= 0.6 is 12.6 Å². The maximum Gasteiger partial charge on any atom is 0.408 e. The van der Waals surface area contributed by atoms with Crippen LogP contribution in [0.5, 0.6) is 0 Å². The summed E-state index contributed by atoms with van der Waals surface area (Å²) in [4.78, 5) is 40.5. The Morgan fingerprint density at radius 3 is 2.14 bits per heavy atom. The van der Waals surface area contributed by atoms with Gasteiger partial charge < -0.3 is 20.3 Å². The van der Waals surface area contributed by atoms with Gasteiger partial charge in [-0.15, -0.1) is 6.42 Å². The highest BCUT2D eigenvalue weighted by molar-refractivity contribution is 7.80. The number of aryl methyl sites for hydroxylation is 2. The highest BCUT2D eigenvalue weighted by Crippen LogP contribution is 2.26. The zero-order valence-electron chi connectivity index (χ0n) is 21.0. The first-order valence-electron chi connectivity index (χ1n) is 11.2. The number of thiol groups is 1. The number of carbonyl (C=O) groups is 3. The fraction of sp³-hybridized carbons (Fsp3) is 0.370. The molecule has 2 rings (SSSR count). The standard InChI is InChI=1S/C27H33N3O4S/c1-8-19-12-14-20(15-13-19)23(24(31)29-22-17(2)10-9-11-18(22)3)30(7)25(32)21(16-35)28-26(33)34-27(4,5)6/h1,9-15,21,23,35H,16H2,2-7H3,(H,28,33)(H,29,31). The number of para-hydroxylation sites is 1. The van der Waals surface area contributed by atoms with E-state index in [1.165, 1.54) is 11.9 Å². The van der Waals surface area contributed by atoms with E-state index in [1.807, 2.05) is 32.0 Å². The number of carbonyl (C=O) groups excluding carboxylic acids is 3. The number of amides is 3. The Labute approximate surface area is 213 Å². The van der Waals surface area contributed by atoms with Crippen LogP contribution in [0.4, 0.5) is 10.5 Å². The average molecular weight is 496 g/mol. The monoisotopic (exact) mass is 495 g/mol. The van der Waals surface area contributed by atoms with Crippen LogP contribution in [0.2, 0.25) is 0 Å². The lowest BCUT2D eigenvalue weighted by Crippen LogP contribution is -2.52. The van der Waals surface area contributed by atoms with Crippen LogP contribution in [0.1, 0.15) is 49.1 Å². The molecule has 2 unspecified atom stereocenters. The quantitative estimate of drug-likeness (QED) is 0.396. The maximum absolute atomic E-state index is 13.6. The normalized spacial score (nSPS) is 12.6. The molecule has 2 atom stereocenters. The third-order valence-corrected chi connectivity index (χ3v) is 5.64. The molecule has 2 aromatic carbocycles. The van der Waals surface area contributed by atoms with E-state index in [2.05, 4.69) is 29.2 Å². The van der Waals surface area contributed by atoms with Crippen molar-refractivity contribution < 1.29 is 19.1 Å². The van der Waals surface area contributed by atoms with Crippen LogP contribution in [0.15, 0.2) is 42.5 Å². The Morgan fingerprint density at radius 1 is 1.09 bits per heavy atom. The van der Waals surface area contributed by atoms with Crippen molar-refractivity contribution in [2.24, 2.45) is 0 Å². The van der Waals surface area contributed by atoms with E-state index < -0.39 is 35.6 Å². The summed E-state index contributed by atoms with van der Waals surface area (Å²) >= 11 is 4.24. The van der Waals surface area contributed by atoms with E-state index in [1.54, 1.807) is 45.0 Å². The van der Waals surface area contributed by atoms with Gasteiger partial charge in [-0.05, 0) is 63.4 Å². The number of hydrogen-bond acceptors (Lipinski definition) is 5. The van der Waals surface area contributed by atoms with Gasteiger partial charge in [0.25, 0.3) is 5.91 Å². The fourth-order valence-electron chi connectivity index (χ4n) is 3.52. The summed E-state index contributed by atoms with van der Waals surface area (Å²) in [6, 6.07) is 10.6. The molecule has 0 aliphatic heterocycles. The minimum Gasteiger partial charge on any atom is -0.444 e. The minimum absolute atomic E-state index is 0.0175. The second-order valence-electron chi connectivity index (χ2n) is 9.26. The van der Waals surface area contributed by atoms with E-state index in [0.717, 1.165) is 11.1 Å². The molecule has 7 nitrogen and oxygen atoms in total. The molecule has 0 saturated carbocycles. The van der Waals surface area contributed by atoms with E-state index in [-0.39, 0.29) is 5.75 Å². The molecule has 2 N–H and O–H groups in total. The Bertz CT molecular complexity index is 1100. The van der Waals surface area contributed by atoms with Crippen molar-refractivity contribution >= 4 is 36.2 Å². The Hall–Kier alpha value is -3.44. The molecular weight excluding hydrogens is 462 g/mol. The minimum atomic E-state index is -1.00. The first-order chi connectivity index (χ1) is 16.4. The Morgan fingerprint density at radius 2 is 1.66 bits per heavy atom. The molecule has 0 aliphatic carbocycles. The van der Waals surface area contributed by atoms with Gasteiger partial charge in [-0.1, -0.05) is 36.3 Å². The largest absolute Gasteiger partial charge is 0.444 e. The number of anilines is 1. The molecule has 35 heavy (non-hydrogen) atoms. The van der Waals surface area contributed by atoms with Gasteiger partial charge in [0, 0.05) is 24.1 Å². The van der Waals surface area contributed by atoms with Gasteiger partial charge in [-0.3, -0.25) is 9.59 Å². The van der Waals surface area contributed by atoms with Gasteiger partial charge in [0.1, 0.15) is 17.7 Å². The van der Waals surface area contributed by atoms with Gasteiger partial charge in [-0.25, -0.2) is 4.79 Å². The van der Waals surface area contributed by atoms with Crippen molar-refractivity contribution in [2.45, 2.75) is 52.3 Å². The van der Waals surface area contributed by atoms with Crippen molar-refractivity contribution in [3.05, 3.63) is 64.7 Å². The van der Waals surface area contributed by atoms with Gasteiger partial charge in [0.2, 0.25) is 5.91 Å². The third-order valence-electron chi connectivity index (χ3n) is 5.28. The molecule has 0 saturated heterocycles. The number of benzene rings is 2. The highest BCUT2D eigenvalue weighted by atomic mass is 32.1. The topological polar surface area (TPSA) is 87.7 Å². The molecule has 186 valence electrons. The predicted molar refractivity (Wildman–Crippen MR) is 141 cm³/mol. The summed E-state index contributed by atoms with van der Waals surface area (Å²) in [5, 5.41) is 5.51. The maximum atomic E-state index is 13.6. The van der Waals surface area contributed by atoms with Crippen LogP contribution in [-0.4, -0.2) is 47.3 Å². The second-order valence-corrected chi connectivity index (χ2v) is 9.62. The number of terminal acetylenes is 1. The molecule has 0 heterocycles. The lowest BCUT2D eigenvalue weighted by molar-refractivity contribution is -0.138. The molecular formula is C27H33N3O4S. The van der Waals surface area contributed by atoms with E-state index in [0.29, 0.717) is 16.8 Å². The second kappa shape index (κ2) is 11.8. The zero-order chi connectivity index (χ0) is 26.3. The van der Waals surface area contributed by atoms with Gasteiger partial charge in [0.15, 0.2) is 0 Å². The molecule has 8 heteroatoms. The van der Waals surface area contributed by atoms with Crippen molar-refractivity contribution in [1.82, 2.24) is 10.2 Å². The molecule has 0 bridgehead atoms. The van der Waals surface area contributed by atoms with E-state index in [9.17, 15) is 14.4 Å². The number of likely N-dealkylation sites (N-methyl/N-ethyl adjacent to an activating group) is 1. The number of rotatable bonds is 7. The molecule has 2 aromatic rings. The Kier molecular flexibility index (Phi) is 9.38. The van der Waals surface area contributed by atoms with Crippen molar-refractivity contribution in [3.63, 3.8) is 0 Å². The summed E-state index contributed by atoms with van der Waals surface area (Å²) in [6.07, 6.45) is 4.73. The number of nitrogens with zero attached hydrogens (tertiary/aromatic N) is 1. The van der Waals surface area contributed by atoms with Gasteiger partial charge in [-0.2, -0.15) is 12.6 Å². The van der Waals surface area contributed by atoms with Crippen LogP contribution in [-0.2, 0) is 14.3 Å². The number of hydrogen-bond donors (Lipinski definition) is 3. The van der Waals surface area contributed by atoms with Crippen molar-refractivity contribution in [2.75, 3.05) is 18.1 Å². The van der Waals surface area contributed by atoms with E-state index >= 15 is 0 Å². The van der Waals surface area contributed by atoms with Crippen LogP contribution in [0, 0.1) is 26.2 Å². The Balaban J connectivity index is 2.39. The summed E-state index contributed by atoms with van der Waals surface area (Å²) < 4.78 is 5.27. The summed E-state index contributed by atoms with van der Waals surface area (Å²) in [5.41, 5.74) is 2.96. The predicted octanol–water partition coefficient (Wildman–Crippen LogP) is 4.25. The number of alkyl carbamates (subject to hydrolysis) is 1. The van der Waals surface area contributed by atoms with Crippen molar-refractivity contribution in [3.8, 4) is 12.3 Å². The SMILES string of the molecule is C#Cc1ccc(C(C(=O)Nc2c(C)cccc2C)N(C)C(=O)C(CS)NC(=O)OC(C)(C)C)cc1.